The first-order chi connectivity index (χ1) is 10.7. The van der Waals surface area contributed by atoms with Crippen LogP contribution in [0.25, 0.3) is 0 Å². The van der Waals surface area contributed by atoms with Gasteiger partial charge >= 0.3 is 6.03 Å². The first-order valence-electron chi connectivity index (χ1n) is 7.58. The normalized spacial score (nSPS) is 17.5. The lowest BCUT2D eigenvalue weighted by atomic mass is 9.99. The number of aromatic nitrogens is 2. The SMILES string of the molecule is Cc1nccc(CNC(=O)N2CC[C@H](c3ccccc3)C2)n1. The number of nitrogens with one attached hydrogen (secondary N) is 1. The predicted octanol–water partition coefficient (Wildman–Crippen LogP) is 2.48. The largest absolute Gasteiger partial charge is 0.332 e. The molecule has 0 unspecified atom stereocenters. The number of aryl methyl sites for hydroxylation is 1. The van der Waals surface area contributed by atoms with E-state index in [1.54, 1.807) is 6.20 Å². The summed E-state index contributed by atoms with van der Waals surface area (Å²) in [6.07, 6.45) is 2.73. The van der Waals surface area contributed by atoms with E-state index in [2.05, 4.69) is 39.6 Å². The van der Waals surface area contributed by atoms with Crippen LogP contribution in [0.15, 0.2) is 42.6 Å². The Hall–Kier alpha value is -2.43. The van der Waals surface area contributed by atoms with Crippen molar-refractivity contribution in [1.29, 1.82) is 0 Å². The number of hydrogen-bond donors (Lipinski definition) is 1. The lowest BCUT2D eigenvalue weighted by molar-refractivity contribution is 0.207. The number of benzene rings is 1. The van der Waals surface area contributed by atoms with Gasteiger partial charge in [-0.05, 0) is 25.0 Å². The van der Waals surface area contributed by atoms with Gasteiger partial charge in [-0.3, -0.25) is 0 Å². The summed E-state index contributed by atoms with van der Waals surface area (Å²) < 4.78 is 0. The van der Waals surface area contributed by atoms with E-state index in [0.29, 0.717) is 12.5 Å². The third-order valence-corrected chi connectivity index (χ3v) is 4.00. The molecule has 1 fully saturated rings. The van der Waals surface area contributed by atoms with E-state index in [0.717, 1.165) is 31.0 Å². The highest BCUT2D eigenvalue weighted by Gasteiger charge is 2.26. The highest BCUT2D eigenvalue weighted by atomic mass is 16.2. The molecular weight excluding hydrogens is 276 g/mol. The highest BCUT2D eigenvalue weighted by Crippen LogP contribution is 2.26. The highest BCUT2D eigenvalue weighted by molar-refractivity contribution is 5.74. The Labute approximate surface area is 130 Å². The van der Waals surface area contributed by atoms with Gasteiger partial charge in [-0.1, -0.05) is 30.3 Å². The Morgan fingerprint density at radius 3 is 2.91 bits per heavy atom. The molecule has 22 heavy (non-hydrogen) atoms. The second kappa shape index (κ2) is 6.56. The van der Waals surface area contributed by atoms with Crippen molar-refractivity contribution in [2.24, 2.45) is 0 Å². The second-order valence-electron chi connectivity index (χ2n) is 5.60. The van der Waals surface area contributed by atoms with Crippen molar-refractivity contribution in [2.45, 2.75) is 25.8 Å². The fourth-order valence-corrected chi connectivity index (χ4v) is 2.82. The summed E-state index contributed by atoms with van der Waals surface area (Å²) in [5, 5.41) is 2.94. The minimum Gasteiger partial charge on any atom is -0.332 e. The molecule has 2 heterocycles. The third-order valence-electron chi connectivity index (χ3n) is 4.00. The zero-order valence-electron chi connectivity index (χ0n) is 12.7. The first-order valence-corrected chi connectivity index (χ1v) is 7.58. The van der Waals surface area contributed by atoms with E-state index in [9.17, 15) is 4.79 Å². The van der Waals surface area contributed by atoms with Gasteiger partial charge in [0.2, 0.25) is 0 Å². The zero-order valence-corrected chi connectivity index (χ0v) is 12.7. The molecule has 1 atom stereocenters. The molecule has 1 N–H and O–H groups in total. The fourth-order valence-electron chi connectivity index (χ4n) is 2.82. The quantitative estimate of drug-likeness (QED) is 0.946. The molecule has 2 amide bonds. The van der Waals surface area contributed by atoms with E-state index in [-0.39, 0.29) is 6.03 Å². The number of likely N-dealkylation sites (tertiary alicyclic amines) is 1. The van der Waals surface area contributed by atoms with Gasteiger partial charge in [0.15, 0.2) is 0 Å². The molecule has 0 radical (unpaired) electrons. The van der Waals surface area contributed by atoms with Gasteiger partial charge in [0.05, 0.1) is 12.2 Å². The van der Waals surface area contributed by atoms with E-state index in [1.165, 1.54) is 5.56 Å². The van der Waals surface area contributed by atoms with Gasteiger partial charge in [-0.25, -0.2) is 14.8 Å². The maximum absolute atomic E-state index is 12.3. The van der Waals surface area contributed by atoms with E-state index in [4.69, 9.17) is 0 Å². The van der Waals surface area contributed by atoms with Crippen molar-refractivity contribution < 1.29 is 4.79 Å². The van der Waals surface area contributed by atoms with Crippen LogP contribution in [0.4, 0.5) is 4.79 Å². The van der Waals surface area contributed by atoms with E-state index in [1.807, 2.05) is 24.0 Å². The van der Waals surface area contributed by atoms with Crippen LogP contribution in [0.5, 0.6) is 0 Å². The van der Waals surface area contributed by atoms with Gasteiger partial charge in [0, 0.05) is 25.2 Å². The van der Waals surface area contributed by atoms with Gasteiger partial charge in [-0.15, -0.1) is 0 Å². The monoisotopic (exact) mass is 296 g/mol. The van der Waals surface area contributed by atoms with Crippen LogP contribution in [-0.2, 0) is 6.54 Å². The van der Waals surface area contributed by atoms with Crippen LogP contribution in [-0.4, -0.2) is 34.0 Å². The zero-order chi connectivity index (χ0) is 15.4. The number of hydrogen-bond acceptors (Lipinski definition) is 3. The number of carbonyl (C=O) groups is 1. The van der Waals surface area contributed by atoms with E-state index < -0.39 is 0 Å². The fraction of sp³-hybridized carbons (Fsp3) is 0.353. The summed E-state index contributed by atoms with van der Waals surface area (Å²) >= 11 is 0. The van der Waals surface area contributed by atoms with Crippen LogP contribution in [0.2, 0.25) is 0 Å². The average molecular weight is 296 g/mol. The molecule has 5 nitrogen and oxygen atoms in total. The molecule has 0 spiro atoms. The van der Waals surface area contributed by atoms with Crippen molar-refractivity contribution in [2.75, 3.05) is 13.1 Å². The Kier molecular flexibility index (Phi) is 4.32. The number of nitrogens with zero attached hydrogens (tertiary/aromatic N) is 3. The number of carbonyl (C=O) groups excluding carboxylic acids is 1. The second-order valence-corrected chi connectivity index (χ2v) is 5.60. The Morgan fingerprint density at radius 1 is 1.32 bits per heavy atom. The molecule has 1 aromatic carbocycles. The van der Waals surface area contributed by atoms with Crippen LogP contribution in [0, 0.1) is 6.92 Å². The van der Waals surface area contributed by atoms with Gasteiger partial charge in [0.25, 0.3) is 0 Å². The van der Waals surface area contributed by atoms with Gasteiger partial charge < -0.3 is 10.2 Å². The van der Waals surface area contributed by atoms with Crippen molar-refractivity contribution in [3.05, 3.63) is 59.7 Å². The molecule has 114 valence electrons. The summed E-state index contributed by atoms with van der Waals surface area (Å²) in [4.78, 5) is 22.5. The van der Waals surface area contributed by atoms with Crippen LogP contribution >= 0.6 is 0 Å². The molecule has 3 rings (SSSR count). The van der Waals surface area contributed by atoms with Crippen LogP contribution < -0.4 is 5.32 Å². The standard InChI is InChI=1S/C17H20N4O/c1-13-18-9-7-16(20-13)11-19-17(22)21-10-8-15(12-21)14-5-3-2-4-6-14/h2-7,9,15H,8,10-12H2,1H3,(H,19,22)/t15-/m0/s1. The Morgan fingerprint density at radius 2 is 2.14 bits per heavy atom. The van der Waals surface area contributed by atoms with Crippen molar-refractivity contribution in [3.8, 4) is 0 Å². The average Bonchev–Trinajstić information content (AvgIpc) is 3.04. The molecular formula is C17H20N4O. The van der Waals surface area contributed by atoms with Gasteiger partial charge in [0.1, 0.15) is 5.82 Å². The summed E-state index contributed by atoms with van der Waals surface area (Å²) in [6, 6.07) is 12.2. The molecule has 1 aromatic heterocycles. The maximum atomic E-state index is 12.3. The first kappa shape index (κ1) is 14.5. The number of rotatable bonds is 3. The lowest BCUT2D eigenvalue weighted by Gasteiger charge is -2.17. The topological polar surface area (TPSA) is 58.1 Å². The Balaban J connectivity index is 1.53. The maximum Gasteiger partial charge on any atom is 0.317 e. The summed E-state index contributed by atoms with van der Waals surface area (Å²) in [7, 11) is 0. The molecule has 0 bridgehead atoms. The summed E-state index contributed by atoms with van der Waals surface area (Å²) in [5.74, 6) is 1.16. The van der Waals surface area contributed by atoms with Crippen molar-refractivity contribution >= 4 is 6.03 Å². The Bertz CT molecular complexity index is 644. The number of amides is 2. The van der Waals surface area contributed by atoms with Crippen LogP contribution in [0.1, 0.15) is 29.4 Å². The molecule has 0 saturated carbocycles. The summed E-state index contributed by atoms with van der Waals surface area (Å²) in [6.45, 7) is 3.86. The van der Waals surface area contributed by atoms with Gasteiger partial charge in [-0.2, -0.15) is 0 Å². The molecule has 5 heteroatoms. The number of urea groups is 1. The minimum atomic E-state index is -0.0188. The summed E-state index contributed by atoms with van der Waals surface area (Å²) in [5.41, 5.74) is 2.14. The van der Waals surface area contributed by atoms with E-state index >= 15 is 0 Å². The lowest BCUT2D eigenvalue weighted by Crippen LogP contribution is -2.38. The molecule has 1 aliphatic rings. The smallest absolute Gasteiger partial charge is 0.317 e. The molecule has 2 aromatic rings. The van der Waals surface area contributed by atoms with Crippen LogP contribution in [0.3, 0.4) is 0 Å². The van der Waals surface area contributed by atoms with Crippen molar-refractivity contribution in [3.63, 3.8) is 0 Å². The third kappa shape index (κ3) is 3.42. The van der Waals surface area contributed by atoms with Crippen molar-refractivity contribution in [1.82, 2.24) is 20.2 Å². The molecule has 0 aliphatic carbocycles. The predicted molar refractivity (Wildman–Crippen MR) is 84.4 cm³/mol. The minimum absolute atomic E-state index is 0.0188. The molecule has 1 aliphatic heterocycles. The molecule has 1 saturated heterocycles.